The van der Waals surface area contributed by atoms with E-state index in [1.165, 1.54) is 9.47 Å². The molecule has 37 heavy (non-hydrogen) atoms. The highest BCUT2D eigenvalue weighted by atomic mass is 16.5. The lowest BCUT2D eigenvalue weighted by molar-refractivity contribution is -0.118. The molecule has 1 atom stereocenters. The van der Waals surface area contributed by atoms with Crippen LogP contribution in [-0.2, 0) is 11.3 Å². The SMILES string of the molecule is CN(CC(=O)N1c2ccccc2OC[C@@H]1c1ccccc1)c1c(N)n(Cc2ccccc2)c(=O)[nH]c1=O. The Morgan fingerprint density at radius 3 is 2.38 bits per heavy atom. The molecule has 0 fully saturated rings. The number of benzene rings is 3. The molecule has 1 aliphatic rings. The number of anilines is 3. The highest BCUT2D eigenvalue weighted by Crippen LogP contribution is 2.39. The molecule has 1 aliphatic heterocycles. The van der Waals surface area contributed by atoms with Gasteiger partial charge in [-0.3, -0.25) is 24.0 Å². The second-order valence-electron chi connectivity index (χ2n) is 8.89. The zero-order valence-corrected chi connectivity index (χ0v) is 20.3. The lowest BCUT2D eigenvalue weighted by Gasteiger charge is -2.38. The van der Waals surface area contributed by atoms with Crippen LogP contribution in [0.15, 0.2) is 94.5 Å². The van der Waals surface area contributed by atoms with Gasteiger partial charge in [-0.2, -0.15) is 0 Å². The number of para-hydroxylation sites is 2. The van der Waals surface area contributed by atoms with Crippen LogP contribution in [0.4, 0.5) is 17.2 Å². The number of amides is 1. The molecular formula is C28H27N5O4. The van der Waals surface area contributed by atoms with Crippen molar-refractivity contribution in [1.29, 1.82) is 0 Å². The fourth-order valence-electron chi connectivity index (χ4n) is 4.65. The predicted molar refractivity (Wildman–Crippen MR) is 143 cm³/mol. The van der Waals surface area contributed by atoms with E-state index < -0.39 is 11.2 Å². The van der Waals surface area contributed by atoms with Gasteiger partial charge < -0.3 is 15.4 Å². The molecule has 0 spiro atoms. The Labute approximate surface area is 213 Å². The molecule has 9 nitrogen and oxygen atoms in total. The van der Waals surface area contributed by atoms with E-state index in [1.807, 2.05) is 84.9 Å². The van der Waals surface area contributed by atoms with Gasteiger partial charge in [0.25, 0.3) is 5.56 Å². The van der Waals surface area contributed by atoms with Crippen molar-refractivity contribution in [3.05, 3.63) is 117 Å². The topological polar surface area (TPSA) is 114 Å². The van der Waals surface area contributed by atoms with Gasteiger partial charge in [0, 0.05) is 7.05 Å². The first-order valence-electron chi connectivity index (χ1n) is 11.9. The van der Waals surface area contributed by atoms with E-state index in [2.05, 4.69) is 4.98 Å². The van der Waals surface area contributed by atoms with E-state index in [1.54, 1.807) is 11.9 Å². The van der Waals surface area contributed by atoms with E-state index >= 15 is 0 Å². The standard InChI is InChI=1S/C28H27N5O4/c1-31(25-26(29)32(28(36)30-27(25)35)16-19-10-4-2-5-11-19)17-24(34)33-21-14-8-9-15-23(21)37-18-22(33)20-12-6-3-7-13-20/h2-15,22H,16-18,29H2,1H3,(H,30,35,36)/t22-/m1/s1. The summed E-state index contributed by atoms with van der Waals surface area (Å²) in [7, 11) is 1.61. The van der Waals surface area contributed by atoms with E-state index in [-0.39, 0.29) is 36.5 Å². The molecule has 4 aromatic rings. The van der Waals surface area contributed by atoms with Crippen LogP contribution in [0.1, 0.15) is 17.2 Å². The second-order valence-corrected chi connectivity index (χ2v) is 8.89. The average molecular weight is 498 g/mol. The Kier molecular flexibility index (Phi) is 6.51. The number of nitrogen functional groups attached to an aromatic ring is 1. The van der Waals surface area contributed by atoms with Crippen molar-refractivity contribution in [2.45, 2.75) is 12.6 Å². The summed E-state index contributed by atoms with van der Waals surface area (Å²) in [5.74, 6) is 0.362. The first-order valence-corrected chi connectivity index (χ1v) is 11.9. The molecule has 0 bridgehead atoms. The summed E-state index contributed by atoms with van der Waals surface area (Å²) < 4.78 is 7.26. The van der Waals surface area contributed by atoms with Gasteiger partial charge in [0.1, 0.15) is 23.9 Å². The number of fused-ring (bicyclic) bond motifs is 1. The van der Waals surface area contributed by atoms with Crippen molar-refractivity contribution in [1.82, 2.24) is 9.55 Å². The van der Waals surface area contributed by atoms with Gasteiger partial charge in [-0.05, 0) is 23.3 Å². The molecule has 0 radical (unpaired) electrons. The van der Waals surface area contributed by atoms with Gasteiger partial charge in [0.2, 0.25) is 5.91 Å². The highest BCUT2D eigenvalue weighted by Gasteiger charge is 2.34. The van der Waals surface area contributed by atoms with Crippen molar-refractivity contribution in [3.8, 4) is 5.75 Å². The molecule has 0 aliphatic carbocycles. The molecule has 9 heteroatoms. The fraction of sp³-hybridized carbons (Fsp3) is 0.179. The molecule has 2 heterocycles. The number of likely N-dealkylation sites (N-methyl/N-ethyl adjacent to an activating group) is 1. The van der Waals surface area contributed by atoms with Crippen LogP contribution in [0.2, 0.25) is 0 Å². The summed E-state index contributed by atoms with van der Waals surface area (Å²) in [5.41, 5.74) is 7.57. The molecular weight excluding hydrogens is 470 g/mol. The molecule has 5 rings (SSSR count). The van der Waals surface area contributed by atoms with Crippen molar-refractivity contribution in [3.63, 3.8) is 0 Å². The Morgan fingerprint density at radius 1 is 1.00 bits per heavy atom. The number of nitrogens with zero attached hydrogens (tertiary/aromatic N) is 3. The van der Waals surface area contributed by atoms with Crippen LogP contribution in [0.25, 0.3) is 0 Å². The minimum atomic E-state index is -0.649. The maximum Gasteiger partial charge on any atom is 0.330 e. The van der Waals surface area contributed by atoms with Gasteiger partial charge in [-0.15, -0.1) is 0 Å². The highest BCUT2D eigenvalue weighted by molar-refractivity contribution is 5.99. The minimum Gasteiger partial charge on any atom is -0.489 e. The number of carbonyl (C=O) groups is 1. The molecule has 1 amide bonds. The first-order chi connectivity index (χ1) is 17.9. The Balaban J connectivity index is 1.48. The number of nitrogens with two attached hydrogens (primary N) is 1. The lowest BCUT2D eigenvalue weighted by Crippen LogP contribution is -2.47. The molecule has 188 valence electrons. The predicted octanol–water partition coefficient (Wildman–Crippen LogP) is 2.77. The number of nitrogens with one attached hydrogen (secondary N) is 1. The van der Waals surface area contributed by atoms with Crippen LogP contribution < -0.4 is 31.5 Å². The Morgan fingerprint density at radius 2 is 1.65 bits per heavy atom. The molecule has 3 aromatic carbocycles. The second kappa shape index (κ2) is 10.1. The first kappa shape index (κ1) is 23.9. The van der Waals surface area contributed by atoms with Crippen LogP contribution in [0, 0.1) is 0 Å². The van der Waals surface area contributed by atoms with Crippen molar-refractivity contribution in [2.24, 2.45) is 0 Å². The third-order valence-corrected chi connectivity index (χ3v) is 6.44. The van der Waals surface area contributed by atoms with Crippen LogP contribution in [0.5, 0.6) is 5.75 Å². The third-order valence-electron chi connectivity index (χ3n) is 6.44. The molecule has 0 saturated heterocycles. The van der Waals surface area contributed by atoms with Crippen molar-refractivity contribution >= 4 is 23.1 Å². The summed E-state index contributed by atoms with van der Waals surface area (Å²) >= 11 is 0. The maximum absolute atomic E-state index is 13.8. The van der Waals surface area contributed by atoms with E-state index in [4.69, 9.17) is 10.5 Å². The minimum absolute atomic E-state index is 0.00473. The van der Waals surface area contributed by atoms with E-state index in [0.717, 1.165) is 11.1 Å². The quantitative estimate of drug-likeness (QED) is 0.424. The van der Waals surface area contributed by atoms with Crippen LogP contribution in [0.3, 0.4) is 0 Å². The number of aromatic nitrogens is 2. The number of hydrogen-bond acceptors (Lipinski definition) is 6. The largest absolute Gasteiger partial charge is 0.489 e. The van der Waals surface area contributed by atoms with Crippen molar-refractivity contribution < 1.29 is 9.53 Å². The van der Waals surface area contributed by atoms with Gasteiger partial charge in [-0.25, -0.2) is 4.79 Å². The fourth-order valence-corrected chi connectivity index (χ4v) is 4.65. The monoisotopic (exact) mass is 497 g/mol. The summed E-state index contributed by atoms with van der Waals surface area (Å²) in [6.07, 6.45) is 0. The van der Waals surface area contributed by atoms with Gasteiger partial charge in [0.05, 0.1) is 24.8 Å². The van der Waals surface area contributed by atoms with Gasteiger partial charge in [0.15, 0.2) is 0 Å². The molecule has 1 aromatic heterocycles. The van der Waals surface area contributed by atoms with Gasteiger partial charge >= 0.3 is 5.69 Å². The maximum atomic E-state index is 13.8. The smallest absolute Gasteiger partial charge is 0.330 e. The lowest BCUT2D eigenvalue weighted by atomic mass is 10.0. The van der Waals surface area contributed by atoms with Gasteiger partial charge in [-0.1, -0.05) is 72.8 Å². The summed E-state index contributed by atoms with van der Waals surface area (Å²) in [5, 5.41) is 0. The summed E-state index contributed by atoms with van der Waals surface area (Å²) in [6, 6.07) is 26.0. The number of ether oxygens (including phenoxy) is 1. The Hall–Kier alpha value is -4.79. The Bertz CT molecular complexity index is 1530. The number of rotatable bonds is 6. The third kappa shape index (κ3) is 4.71. The van der Waals surface area contributed by atoms with E-state index in [0.29, 0.717) is 18.0 Å². The van der Waals surface area contributed by atoms with Crippen LogP contribution in [-0.4, -0.2) is 35.7 Å². The molecule has 0 saturated carbocycles. The normalized spacial score (nSPS) is 14.5. The average Bonchev–Trinajstić information content (AvgIpc) is 2.91. The number of carbonyl (C=O) groups excluding carboxylic acids is 1. The van der Waals surface area contributed by atoms with Crippen molar-refractivity contribution in [2.75, 3.05) is 35.7 Å². The summed E-state index contributed by atoms with van der Waals surface area (Å²) in [4.78, 5) is 44.7. The number of aromatic amines is 1. The molecule has 3 N–H and O–H groups in total. The number of hydrogen-bond donors (Lipinski definition) is 2. The number of H-pyrrole nitrogens is 1. The van der Waals surface area contributed by atoms with Crippen LogP contribution >= 0.6 is 0 Å². The molecule has 0 unspecified atom stereocenters. The summed E-state index contributed by atoms with van der Waals surface area (Å²) in [6.45, 7) is 0.333. The zero-order valence-electron chi connectivity index (χ0n) is 20.3. The zero-order chi connectivity index (χ0) is 25.9. The van der Waals surface area contributed by atoms with E-state index in [9.17, 15) is 14.4 Å².